The number of nitrogens with one attached hydrogen (secondary N) is 1. The van der Waals surface area contributed by atoms with Crippen LogP contribution in [-0.4, -0.2) is 19.5 Å². The van der Waals surface area contributed by atoms with E-state index in [1.165, 1.54) is 0 Å². The second-order valence-electron chi connectivity index (χ2n) is 9.81. The first-order valence-corrected chi connectivity index (χ1v) is 14.3. The summed E-state index contributed by atoms with van der Waals surface area (Å²) in [5, 5.41) is 0.899. The van der Waals surface area contributed by atoms with E-state index in [1.54, 1.807) is 6.07 Å². The zero-order valence-corrected chi connectivity index (χ0v) is 23.9. The van der Waals surface area contributed by atoms with Crippen molar-refractivity contribution in [3.8, 4) is 62.4 Å². The molecule has 0 radical (unpaired) electrons. The van der Waals surface area contributed by atoms with Crippen molar-refractivity contribution in [2.45, 2.75) is 0 Å². The van der Waals surface area contributed by atoms with E-state index in [-0.39, 0.29) is 0 Å². The van der Waals surface area contributed by atoms with Crippen molar-refractivity contribution in [2.24, 2.45) is 0 Å². The molecule has 0 bridgehead atoms. The van der Waals surface area contributed by atoms with Gasteiger partial charge >= 0.3 is 0 Å². The largest absolute Gasteiger partial charge is 0.335 e. The molecule has 7 aromatic rings. The molecular weight excluding hydrogens is 559 g/mol. The number of aromatic amines is 1. The highest BCUT2D eigenvalue weighted by Gasteiger charge is 2.27. The Labute approximate surface area is 253 Å². The van der Waals surface area contributed by atoms with E-state index in [1.807, 2.05) is 84.9 Å². The smallest absolute Gasteiger partial charge is 0.182 e. The van der Waals surface area contributed by atoms with Gasteiger partial charge in [-0.25, -0.2) is 9.97 Å². The molecule has 0 aliphatic heterocycles. The van der Waals surface area contributed by atoms with Crippen molar-refractivity contribution in [1.29, 1.82) is 0 Å². The third-order valence-corrected chi connectivity index (χ3v) is 7.98. The summed E-state index contributed by atoms with van der Waals surface area (Å²) in [7, 11) is 0. The van der Waals surface area contributed by atoms with Gasteiger partial charge < -0.3 is 4.98 Å². The lowest BCUT2D eigenvalue weighted by atomic mass is 10.0. The van der Waals surface area contributed by atoms with Crippen LogP contribution in [0, 0.1) is 0 Å². The van der Waals surface area contributed by atoms with Gasteiger partial charge in [0.05, 0.1) is 38.5 Å². The van der Waals surface area contributed by atoms with Gasteiger partial charge in [-0.2, -0.15) is 0 Å². The molecule has 2 aromatic heterocycles. The van der Waals surface area contributed by atoms with E-state index in [0.717, 1.165) is 45.0 Å². The molecule has 0 aliphatic carbocycles. The molecule has 0 fully saturated rings. The van der Waals surface area contributed by atoms with Crippen LogP contribution in [0.2, 0.25) is 10.0 Å². The summed E-state index contributed by atoms with van der Waals surface area (Å²) < 4.78 is 2.06. The fourth-order valence-electron chi connectivity index (χ4n) is 5.24. The van der Waals surface area contributed by atoms with Crippen LogP contribution in [-0.2, 0) is 0 Å². The van der Waals surface area contributed by atoms with Gasteiger partial charge in [-0.05, 0) is 12.1 Å². The molecule has 202 valence electrons. The minimum atomic E-state index is 0.438. The Morgan fingerprint density at radius 2 is 1.02 bits per heavy atom. The predicted molar refractivity (Wildman–Crippen MR) is 173 cm³/mol. The molecule has 0 amide bonds. The molecule has 1 N–H and O–H groups in total. The summed E-state index contributed by atoms with van der Waals surface area (Å²) in [5.74, 6) is 1.24. The fourth-order valence-corrected chi connectivity index (χ4v) is 5.62. The van der Waals surface area contributed by atoms with Gasteiger partial charge in [0.1, 0.15) is 0 Å². The molecule has 0 saturated heterocycles. The number of nitrogens with zero attached hydrogens (tertiary/aromatic N) is 3. The van der Waals surface area contributed by atoms with Crippen LogP contribution in [0.25, 0.3) is 62.4 Å². The Bertz CT molecular complexity index is 1920. The Hall–Kier alpha value is -4.90. The van der Waals surface area contributed by atoms with Gasteiger partial charge in [-0.15, -0.1) is 0 Å². The van der Waals surface area contributed by atoms with Crippen LogP contribution < -0.4 is 0 Å². The summed E-state index contributed by atoms with van der Waals surface area (Å²) in [6.07, 6.45) is 0. The summed E-state index contributed by atoms with van der Waals surface area (Å²) in [5.41, 5.74) is 8.16. The molecule has 0 saturated carbocycles. The van der Waals surface area contributed by atoms with Crippen LogP contribution in [0.5, 0.6) is 0 Å². The number of aromatic nitrogens is 4. The standard InChI is InChI=1S/C36H24Cl2N4/c37-28-22-13-23-29(30(28)38)42-34(27-20-11-4-12-21-27)33(26-18-9-3-10-19-26)41-36(42)35-39-31(24-14-5-1-6-15-24)32(40-35)25-16-7-2-8-17-25/h1-23H,(H,39,40). The number of rotatable bonds is 6. The fraction of sp³-hybridized carbons (Fsp3) is 0. The molecule has 42 heavy (non-hydrogen) atoms. The molecule has 2 heterocycles. The molecule has 0 spiro atoms. The average molecular weight is 584 g/mol. The van der Waals surface area contributed by atoms with Gasteiger partial charge in [-0.3, -0.25) is 4.57 Å². The molecule has 0 unspecified atom stereocenters. The Balaban J connectivity index is 1.58. The molecule has 0 aliphatic rings. The van der Waals surface area contributed by atoms with Gasteiger partial charge in [-0.1, -0.05) is 151 Å². The molecule has 4 nitrogen and oxygen atoms in total. The quantitative estimate of drug-likeness (QED) is 0.212. The van der Waals surface area contributed by atoms with Crippen LogP contribution >= 0.6 is 23.2 Å². The van der Waals surface area contributed by atoms with Gasteiger partial charge in [0, 0.05) is 22.3 Å². The first kappa shape index (κ1) is 26.0. The van der Waals surface area contributed by atoms with Crippen molar-refractivity contribution in [2.75, 3.05) is 0 Å². The lowest BCUT2D eigenvalue weighted by molar-refractivity contribution is 1.05. The van der Waals surface area contributed by atoms with Crippen LogP contribution in [0.1, 0.15) is 0 Å². The third kappa shape index (κ3) is 4.71. The summed E-state index contributed by atoms with van der Waals surface area (Å²) in [4.78, 5) is 14.1. The van der Waals surface area contributed by atoms with E-state index in [4.69, 9.17) is 33.2 Å². The first-order valence-electron chi connectivity index (χ1n) is 13.6. The summed E-state index contributed by atoms with van der Waals surface area (Å²) in [6, 6.07) is 46.4. The average Bonchev–Trinajstić information content (AvgIpc) is 3.67. The van der Waals surface area contributed by atoms with Gasteiger partial charge in [0.15, 0.2) is 11.6 Å². The highest BCUT2D eigenvalue weighted by atomic mass is 35.5. The molecule has 6 heteroatoms. The van der Waals surface area contributed by atoms with Crippen LogP contribution in [0.4, 0.5) is 0 Å². The van der Waals surface area contributed by atoms with Crippen molar-refractivity contribution in [3.05, 3.63) is 150 Å². The monoisotopic (exact) mass is 582 g/mol. The Kier molecular flexibility index (Phi) is 6.92. The minimum absolute atomic E-state index is 0.438. The van der Waals surface area contributed by atoms with Gasteiger partial charge in [0.2, 0.25) is 0 Å². The topological polar surface area (TPSA) is 46.5 Å². The lowest BCUT2D eigenvalue weighted by Gasteiger charge is -2.15. The molecular formula is C36H24Cl2N4. The van der Waals surface area contributed by atoms with Crippen molar-refractivity contribution in [3.63, 3.8) is 0 Å². The number of hydrogen-bond acceptors (Lipinski definition) is 2. The van der Waals surface area contributed by atoms with Crippen LogP contribution in [0.15, 0.2) is 140 Å². The van der Waals surface area contributed by atoms with Crippen LogP contribution in [0.3, 0.4) is 0 Å². The minimum Gasteiger partial charge on any atom is -0.335 e. The highest BCUT2D eigenvalue weighted by Crippen LogP contribution is 2.42. The van der Waals surface area contributed by atoms with Gasteiger partial charge in [0.25, 0.3) is 0 Å². The van der Waals surface area contributed by atoms with E-state index < -0.39 is 0 Å². The maximum atomic E-state index is 6.92. The number of imidazole rings is 2. The number of H-pyrrole nitrogens is 1. The second-order valence-corrected chi connectivity index (χ2v) is 10.6. The number of halogens is 2. The maximum Gasteiger partial charge on any atom is 0.182 e. The van der Waals surface area contributed by atoms with E-state index in [9.17, 15) is 0 Å². The SMILES string of the molecule is Clc1cccc(-n2c(-c3nc(-c4ccccc4)c(-c4ccccc4)[nH]3)nc(-c3ccccc3)c2-c2ccccc2)c1Cl. The van der Waals surface area contributed by atoms with E-state index in [0.29, 0.717) is 27.4 Å². The summed E-state index contributed by atoms with van der Waals surface area (Å²) in [6.45, 7) is 0. The Morgan fingerprint density at radius 3 is 1.62 bits per heavy atom. The third-order valence-electron chi connectivity index (χ3n) is 7.17. The Morgan fingerprint density at radius 1 is 0.500 bits per heavy atom. The second kappa shape index (κ2) is 11.2. The normalized spacial score (nSPS) is 11.1. The van der Waals surface area contributed by atoms with E-state index in [2.05, 4.69) is 58.1 Å². The van der Waals surface area contributed by atoms with Crippen molar-refractivity contribution >= 4 is 23.2 Å². The predicted octanol–water partition coefficient (Wildman–Crippen LogP) is 10.2. The summed E-state index contributed by atoms with van der Waals surface area (Å²) >= 11 is 13.5. The maximum absolute atomic E-state index is 6.92. The first-order chi connectivity index (χ1) is 20.7. The van der Waals surface area contributed by atoms with Crippen molar-refractivity contribution < 1.29 is 0 Å². The molecule has 5 aromatic carbocycles. The molecule has 7 rings (SSSR count). The number of benzene rings is 5. The van der Waals surface area contributed by atoms with E-state index >= 15 is 0 Å². The highest BCUT2D eigenvalue weighted by molar-refractivity contribution is 6.43. The molecule has 0 atom stereocenters. The zero-order valence-electron chi connectivity index (χ0n) is 22.4. The zero-order chi connectivity index (χ0) is 28.5. The lowest BCUT2D eigenvalue weighted by Crippen LogP contribution is -2.02. The van der Waals surface area contributed by atoms with Crippen molar-refractivity contribution in [1.82, 2.24) is 19.5 Å². The number of hydrogen-bond donors (Lipinski definition) is 1.